The molecule has 0 aromatic rings. The molecule has 0 N–H and O–H groups in total. The molecule has 0 aromatic carbocycles. The first-order chi connectivity index (χ1) is 8.79. The van der Waals surface area contributed by atoms with E-state index in [2.05, 4.69) is 41.7 Å². The van der Waals surface area contributed by atoms with Crippen LogP contribution in [0.25, 0.3) is 0 Å². The van der Waals surface area contributed by atoms with E-state index in [0.717, 1.165) is 3.39 Å². The van der Waals surface area contributed by atoms with Crippen LogP contribution in [0.4, 0.5) is 0 Å². The molecule has 2 nitrogen and oxygen atoms in total. The first-order valence-corrected chi connectivity index (χ1v) is 8.93. The Balaban J connectivity index is 2.08. The van der Waals surface area contributed by atoms with E-state index in [1.165, 1.54) is 83.4 Å². The zero-order valence-corrected chi connectivity index (χ0v) is 14.3. The van der Waals surface area contributed by atoms with Crippen molar-refractivity contribution in [2.75, 3.05) is 26.2 Å². The van der Waals surface area contributed by atoms with Crippen molar-refractivity contribution in [3.8, 4) is 0 Å². The quantitative estimate of drug-likeness (QED) is 0.688. The van der Waals surface area contributed by atoms with Crippen LogP contribution in [0.15, 0.2) is 9.21 Å². The second-order valence-electron chi connectivity index (χ2n) is 5.39. The lowest BCUT2D eigenvalue weighted by Gasteiger charge is -2.35. The van der Waals surface area contributed by atoms with Gasteiger partial charge in [0.2, 0.25) is 0 Å². The number of hydrogen-bond donors (Lipinski definition) is 0. The molecule has 2 fully saturated rings. The Hall–Kier alpha value is 0.300. The highest BCUT2D eigenvalue weighted by Crippen LogP contribution is 2.29. The summed E-state index contributed by atoms with van der Waals surface area (Å²) in [6.45, 7) is 4.86. The van der Waals surface area contributed by atoms with Crippen LogP contribution in [0.5, 0.6) is 0 Å². The molecule has 2 aliphatic rings. The Labute approximate surface area is 128 Å². The average Bonchev–Trinajstić information content (AvgIpc) is 2.74. The predicted octanol–water partition coefficient (Wildman–Crippen LogP) is 4.65. The summed E-state index contributed by atoms with van der Waals surface area (Å²) in [4.78, 5) is 5.16. The van der Waals surface area contributed by atoms with Gasteiger partial charge in [-0.05, 0) is 57.5 Å². The molecule has 2 heterocycles. The van der Waals surface area contributed by atoms with Crippen molar-refractivity contribution in [3.05, 3.63) is 9.21 Å². The first kappa shape index (κ1) is 14.7. The van der Waals surface area contributed by atoms with Gasteiger partial charge < -0.3 is 9.80 Å². The fraction of sp³-hybridized carbons (Fsp3) is 0.857. The van der Waals surface area contributed by atoms with Gasteiger partial charge in [-0.15, -0.1) is 0 Å². The third-order valence-corrected chi connectivity index (χ3v) is 4.69. The molecule has 2 rings (SSSR count). The highest BCUT2D eigenvalue weighted by molar-refractivity contribution is 9.28. The molecule has 0 aliphatic carbocycles. The van der Waals surface area contributed by atoms with Crippen LogP contribution in [0.1, 0.15) is 51.4 Å². The van der Waals surface area contributed by atoms with Crippen molar-refractivity contribution < 1.29 is 0 Å². The second kappa shape index (κ2) is 7.78. The van der Waals surface area contributed by atoms with Gasteiger partial charge in [0.1, 0.15) is 9.21 Å². The average molecular weight is 380 g/mol. The Morgan fingerprint density at radius 3 is 1.17 bits per heavy atom. The summed E-state index contributed by atoms with van der Waals surface area (Å²) in [5, 5.41) is 0. The molecule has 104 valence electrons. The minimum absolute atomic E-state index is 1.14. The van der Waals surface area contributed by atoms with Crippen LogP contribution in [0.2, 0.25) is 0 Å². The lowest BCUT2D eigenvalue weighted by atomic mass is 10.2. The second-order valence-corrected chi connectivity index (χ2v) is 8.04. The van der Waals surface area contributed by atoms with E-state index in [4.69, 9.17) is 0 Å². The molecule has 0 radical (unpaired) electrons. The third kappa shape index (κ3) is 4.16. The molecule has 0 aromatic heterocycles. The van der Waals surface area contributed by atoms with Crippen LogP contribution in [-0.4, -0.2) is 36.0 Å². The van der Waals surface area contributed by atoms with Crippen LogP contribution >= 0.6 is 31.9 Å². The van der Waals surface area contributed by atoms with E-state index in [9.17, 15) is 0 Å². The Kier molecular flexibility index (Phi) is 6.36. The molecule has 0 spiro atoms. The Morgan fingerprint density at radius 2 is 0.889 bits per heavy atom. The predicted molar refractivity (Wildman–Crippen MR) is 85.0 cm³/mol. The number of halogens is 2. The van der Waals surface area contributed by atoms with Crippen LogP contribution in [-0.2, 0) is 0 Å². The summed E-state index contributed by atoms with van der Waals surface area (Å²) >= 11 is 7.35. The Bertz CT molecular complexity index is 250. The molecule has 2 saturated heterocycles. The zero-order valence-electron chi connectivity index (χ0n) is 11.1. The minimum Gasteiger partial charge on any atom is -0.357 e. The monoisotopic (exact) mass is 378 g/mol. The lowest BCUT2D eigenvalue weighted by molar-refractivity contribution is 0.218. The van der Waals surface area contributed by atoms with Crippen molar-refractivity contribution >= 4 is 31.9 Å². The molecular weight excluding hydrogens is 356 g/mol. The van der Waals surface area contributed by atoms with Gasteiger partial charge in [-0.1, -0.05) is 25.7 Å². The van der Waals surface area contributed by atoms with Crippen LogP contribution in [0.3, 0.4) is 0 Å². The van der Waals surface area contributed by atoms with Crippen LogP contribution < -0.4 is 0 Å². The first-order valence-electron chi connectivity index (χ1n) is 7.34. The van der Waals surface area contributed by atoms with E-state index in [1.54, 1.807) is 0 Å². The molecule has 0 amide bonds. The molecule has 0 atom stereocenters. The van der Waals surface area contributed by atoms with Gasteiger partial charge in [-0.25, -0.2) is 0 Å². The summed E-state index contributed by atoms with van der Waals surface area (Å²) in [5.74, 6) is 1.40. The molecular formula is C14H24Br2N2. The summed E-state index contributed by atoms with van der Waals surface area (Å²) in [5.41, 5.74) is 0. The van der Waals surface area contributed by atoms with E-state index < -0.39 is 0 Å². The summed E-state index contributed by atoms with van der Waals surface area (Å²) in [7, 11) is 0. The summed E-state index contributed by atoms with van der Waals surface area (Å²) in [6, 6.07) is 0. The van der Waals surface area contributed by atoms with Gasteiger partial charge in [0, 0.05) is 26.2 Å². The van der Waals surface area contributed by atoms with Crippen molar-refractivity contribution in [2.45, 2.75) is 51.4 Å². The van der Waals surface area contributed by atoms with Gasteiger partial charge in [-0.3, -0.25) is 0 Å². The number of likely N-dealkylation sites (tertiary alicyclic amines) is 2. The molecule has 0 saturated carbocycles. The largest absolute Gasteiger partial charge is 0.357 e. The highest BCUT2D eigenvalue weighted by Gasteiger charge is 2.21. The van der Waals surface area contributed by atoms with Gasteiger partial charge in [0.25, 0.3) is 0 Å². The van der Waals surface area contributed by atoms with E-state index in [0.29, 0.717) is 0 Å². The summed E-state index contributed by atoms with van der Waals surface area (Å²) < 4.78 is 1.14. The normalized spacial score (nSPS) is 22.3. The van der Waals surface area contributed by atoms with E-state index >= 15 is 0 Å². The molecule has 18 heavy (non-hydrogen) atoms. The van der Waals surface area contributed by atoms with Gasteiger partial charge >= 0.3 is 0 Å². The highest BCUT2D eigenvalue weighted by atomic mass is 79.9. The molecule has 0 unspecified atom stereocenters. The topological polar surface area (TPSA) is 6.48 Å². The molecule has 2 aliphatic heterocycles. The van der Waals surface area contributed by atoms with Gasteiger partial charge in [-0.2, -0.15) is 0 Å². The number of nitrogens with zero attached hydrogens (tertiary/aromatic N) is 2. The van der Waals surface area contributed by atoms with Crippen molar-refractivity contribution in [3.63, 3.8) is 0 Å². The van der Waals surface area contributed by atoms with E-state index in [-0.39, 0.29) is 0 Å². The maximum absolute atomic E-state index is 3.68. The van der Waals surface area contributed by atoms with E-state index in [1.807, 2.05) is 0 Å². The van der Waals surface area contributed by atoms with Gasteiger partial charge in [0.15, 0.2) is 0 Å². The standard InChI is InChI=1S/C14H24Br2N2/c15-13(16)14(17-9-5-1-2-6-10-17)18-11-7-3-4-8-12-18/h1-12H2. The SMILES string of the molecule is BrC(Br)=C(N1CCCCCC1)N1CCCCCC1. The van der Waals surface area contributed by atoms with Crippen molar-refractivity contribution in [1.82, 2.24) is 9.80 Å². The van der Waals surface area contributed by atoms with Crippen molar-refractivity contribution in [1.29, 1.82) is 0 Å². The van der Waals surface area contributed by atoms with Gasteiger partial charge in [0.05, 0.1) is 0 Å². The zero-order chi connectivity index (χ0) is 12.8. The maximum atomic E-state index is 3.68. The molecule has 0 bridgehead atoms. The smallest absolute Gasteiger partial charge is 0.126 e. The third-order valence-electron chi connectivity index (χ3n) is 3.98. The fourth-order valence-electron chi connectivity index (χ4n) is 3.00. The van der Waals surface area contributed by atoms with Crippen LogP contribution in [0, 0.1) is 0 Å². The minimum atomic E-state index is 1.14. The van der Waals surface area contributed by atoms with Crippen molar-refractivity contribution in [2.24, 2.45) is 0 Å². The number of rotatable bonds is 2. The maximum Gasteiger partial charge on any atom is 0.126 e. The number of hydrogen-bond acceptors (Lipinski definition) is 2. The lowest BCUT2D eigenvalue weighted by Crippen LogP contribution is -2.37. The summed E-state index contributed by atoms with van der Waals surface area (Å²) in [6.07, 6.45) is 10.9. The Morgan fingerprint density at radius 1 is 0.556 bits per heavy atom. The fourth-order valence-corrected chi connectivity index (χ4v) is 4.01. The molecule has 4 heteroatoms.